The summed E-state index contributed by atoms with van der Waals surface area (Å²) in [5.41, 5.74) is 12.1. The van der Waals surface area contributed by atoms with Crippen molar-refractivity contribution in [1.82, 2.24) is 19.9 Å². The Kier molecular flexibility index (Phi) is 4.08. The third kappa shape index (κ3) is 2.91. The number of hydrogen-bond donors (Lipinski definition) is 2. The van der Waals surface area contributed by atoms with Gasteiger partial charge in [-0.15, -0.1) is 0 Å². The van der Waals surface area contributed by atoms with E-state index in [-0.39, 0.29) is 6.54 Å². The third-order valence-corrected chi connectivity index (χ3v) is 4.80. The van der Waals surface area contributed by atoms with Crippen LogP contribution in [0.25, 0.3) is 22.3 Å². The molecule has 1 aliphatic rings. The van der Waals surface area contributed by atoms with Crippen LogP contribution in [0.3, 0.4) is 0 Å². The summed E-state index contributed by atoms with van der Waals surface area (Å²) >= 11 is 0. The number of amides is 1. The highest BCUT2D eigenvalue weighted by atomic mass is 16.5. The van der Waals surface area contributed by atoms with Crippen molar-refractivity contribution in [2.75, 3.05) is 25.1 Å². The van der Waals surface area contributed by atoms with E-state index in [1.165, 1.54) is 0 Å². The number of primary amides is 1. The Labute approximate surface area is 155 Å². The van der Waals surface area contributed by atoms with Crippen molar-refractivity contribution in [3.05, 3.63) is 36.9 Å². The quantitative estimate of drug-likeness (QED) is 0.682. The Morgan fingerprint density at radius 1 is 1.22 bits per heavy atom. The maximum Gasteiger partial charge on any atom is 0.239 e. The standard InChI is InChI=1S/C18H19N7O2/c1-27-13-9-22-8-12-14(13)16(25-7-4-18(20,10-25)17(19)26)24-15(23-12)11-2-5-21-6-3-11/h2-3,5-6,8-9H,4,7,10,20H2,1H3,(H2,19,26). The molecule has 1 aliphatic heterocycles. The molecule has 0 saturated carbocycles. The monoisotopic (exact) mass is 365 g/mol. The van der Waals surface area contributed by atoms with Crippen LogP contribution in [0.5, 0.6) is 5.75 Å². The molecule has 9 heteroatoms. The summed E-state index contributed by atoms with van der Waals surface area (Å²) in [6.45, 7) is 0.822. The minimum Gasteiger partial charge on any atom is -0.494 e. The maximum atomic E-state index is 11.8. The first kappa shape index (κ1) is 17.1. The van der Waals surface area contributed by atoms with Crippen molar-refractivity contribution < 1.29 is 9.53 Å². The Bertz CT molecular complexity index is 1010. The van der Waals surface area contributed by atoms with Crippen LogP contribution in [0, 0.1) is 0 Å². The zero-order valence-electron chi connectivity index (χ0n) is 14.8. The first-order valence-electron chi connectivity index (χ1n) is 8.46. The van der Waals surface area contributed by atoms with Crippen LogP contribution < -0.4 is 21.1 Å². The van der Waals surface area contributed by atoms with E-state index in [1.54, 1.807) is 31.9 Å². The molecule has 1 fully saturated rings. The molecule has 3 aromatic heterocycles. The normalized spacial score (nSPS) is 19.4. The van der Waals surface area contributed by atoms with Gasteiger partial charge >= 0.3 is 0 Å². The lowest BCUT2D eigenvalue weighted by atomic mass is 10.00. The molecule has 4 rings (SSSR count). The molecule has 3 aromatic rings. The van der Waals surface area contributed by atoms with Crippen LogP contribution in [0.15, 0.2) is 36.9 Å². The molecular formula is C18H19N7O2. The van der Waals surface area contributed by atoms with Crippen molar-refractivity contribution in [2.24, 2.45) is 11.5 Å². The molecular weight excluding hydrogens is 346 g/mol. The van der Waals surface area contributed by atoms with Gasteiger partial charge in [0.25, 0.3) is 0 Å². The summed E-state index contributed by atoms with van der Waals surface area (Å²) < 4.78 is 5.47. The number of rotatable bonds is 4. The van der Waals surface area contributed by atoms with Crippen LogP contribution in [0.1, 0.15) is 6.42 Å². The number of nitrogens with zero attached hydrogens (tertiary/aromatic N) is 5. The Morgan fingerprint density at radius 2 is 2.00 bits per heavy atom. The number of anilines is 1. The molecule has 0 aliphatic carbocycles. The highest BCUT2D eigenvalue weighted by Crippen LogP contribution is 2.36. The average Bonchev–Trinajstić information content (AvgIpc) is 3.11. The van der Waals surface area contributed by atoms with E-state index in [4.69, 9.17) is 21.2 Å². The highest BCUT2D eigenvalue weighted by Gasteiger charge is 2.41. The van der Waals surface area contributed by atoms with Gasteiger partial charge in [0.1, 0.15) is 17.1 Å². The van der Waals surface area contributed by atoms with E-state index >= 15 is 0 Å². The van der Waals surface area contributed by atoms with E-state index < -0.39 is 11.4 Å². The molecule has 0 bridgehead atoms. The predicted molar refractivity (Wildman–Crippen MR) is 100 cm³/mol. The summed E-state index contributed by atoms with van der Waals surface area (Å²) in [6.07, 6.45) is 7.08. The fourth-order valence-electron chi connectivity index (χ4n) is 3.26. The number of carbonyl (C=O) groups excluding carboxylic acids is 1. The molecule has 0 aromatic carbocycles. The van der Waals surface area contributed by atoms with Gasteiger partial charge in [0.05, 0.1) is 30.4 Å². The van der Waals surface area contributed by atoms with E-state index in [1.807, 2.05) is 17.0 Å². The third-order valence-electron chi connectivity index (χ3n) is 4.80. The number of fused-ring (bicyclic) bond motifs is 1. The van der Waals surface area contributed by atoms with Crippen molar-refractivity contribution in [3.63, 3.8) is 0 Å². The summed E-state index contributed by atoms with van der Waals surface area (Å²) in [5.74, 6) is 1.20. The Balaban J connectivity index is 1.91. The predicted octanol–water partition coefficient (Wildman–Crippen LogP) is 0.488. The lowest BCUT2D eigenvalue weighted by Crippen LogP contribution is -2.53. The molecule has 138 valence electrons. The minimum atomic E-state index is -1.09. The van der Waals surface area contributed by atoms with Gasteiger partial charge < -0.3 is 21.1 Å². The molecule has 0 radical (unpaired) electrons. The smallest absolute Gasteiger partial charge is 0.239 e. The van der Waals surface area contributed by atoms with Gasteiger partial charge in [0.15, 0.2) is 5.82 Å². The topological polar surface area (TPSA) is 133 Å². The molecule has 0 spiro atoms. The first-order chi connectivity index (χ1) is 13.0. The van der Waals surface area contributed by atoms with Gasteiger partial charge in [-0.2, -0.15) is 0 Å². The van der Waals surface area contributed by atoms with Crippen LogP contribution in [0.4, 0.5) is 5.82 Å². The Morgan fingerprint density at radius 3 is 2.67 bits per heavy atom. The van der Waals surface area contributed by atoms with Gasteiger partial charge in [0, 0.05) is 31.0 Å². The van der Waals surface area contributed by atoms with Gasteiger partial charge in [-0.1, -0.05) is 0 Å². The van der Waals surface area contributed by atoms with E-state index in [0.29, 0.717) is 35.9 Å². The first-order valence-corrected chi connectivity index (χ1v) is 8.46. The zero-order valence-corrected chi connectivity index (χ0v) is 14.8. The molecule has 4 N–H and O–H groups in total. The van der Waals surface area contributed by atoms with Crippen molar-refractivity contribution in [2.45, 2.75) is 12.0 Å². The number of methoxy groups -OCH3 is 1. The maximum absolute atomic E-state index is 11.8. The lowest BCUT2D eigenvalue weighted by Gasteiger charge is -2.23. The van der Waals surface area contributed by atoms with Gasteiger partial charge in [0.2, 0.25) is 5.91 Å². The summed E-state index contributed by atoms with van der Waals surface area (Å²) in [4.78, 5) is 31.3. The number of carbonyl (C=O) groups is 1. The van der Waals surface area contributed by atoms with Crippen molar-refractivity contribution >= 4 is 22.6 Å². The number of nitrogens with two attached hydrogens (primary N) is 2. The highest BCUT2D eigenvalue weighted by molar-refractivity contribution is 5.96. The molecule has 27 heavy (non-hydrogen) atoms. The van der Waals surface area contributed by atoms with Crippen LogP contribution in [0.2, 0.25) is 0 Å². The van der Waals surface area contributed by atoms with Crippen molar-refractivity contribution in [1.29, 1.82) is 0 Å². The summed E-state index contributed by atoms with van der Waals surface area (Å²) in [5, 5.41) is 0.721. The molecule has 1 unspecified atom stereocenters. The number of pyridine rings is 2. The van der Waals surface area contributed by atoms with E-state index in [2.05, 4.69) is 15.0 Å². The second-order valence-corrected chi connectivity index (χ2v) is 6.53. The fraction of sp³-hybridized carbons (Fsp3) is 0.278. The van der Waals surface area contributed by atoms with Crippen LogP contribution >= 0.6 is 0 Å². The van der Waals surface area contributed by atoms with Crippen LogP contribution in [-0.4, -0.2) is 51.6 Å². The van der Waals surface area contributed by atoms with Gasteiger partial charge in [-0.3, -0.25) is 14.8 Å². The molecule has 9 nitrogen and oxygen atoms in total. The van der Waals surface area contributed by atoms with Crippen LogP contribution in [-0.2, 0) is 4.79 Å². The summed E-state index contributed by atoms with van der Waals surface area (Å²) in [6, 6.07) is 3.67. The van der Waals surface area contributed by atoms with E-state index in [0.717, 1.165) is 10.9 Å². The number of ether oxygens (including phenoxy) is 1. The molecule has 1 amide bonds. The minimum absolute atomic E-state index is 0.274. The number of hydrogen-bond acceptors (Lipinski definition) is 8. The van der Waals surface area contributed by atoms with Crippen molar-refractivity contribution in [3.8, 4) is 17.1 Å². The molecule has 1 saturated heterocycles. The average molecular weight is 365 g/mol. The second kappa shape index (κ2) is 6.44. The largest absolute Gasteiger partial charge is 0.494 e. The summed E-state index contributed by atoms with van der Waals surface area (Å²) in [7, 11) is 1.57. The second-order valence-electron chi connectivity index (χ2n) is 6.53. The molecule has 1 atom stereocenters. The zero-order chi connectivity index (χ0) is 19.0. The van der Waals surface area contributed by atoms with Gasteiger partial charge in [-0.25, -0.2) is 9.97 Å². The number of aromatic nitrogens is 4. The van der Waals surface area contributed by atoms with Gasteiger partial charge in [-0.05, 0) is 18.6 Å². The SMILES string of the molecule is COc1cncc2nc(-c3ccncc3)nc(N3CCC(N)(C(N)=O)C3)c12. The molecule has 4 heterocycles. The fourth-order valence-corrected chi connectivity index (χ4v) is 3.26. The Hall–Kier alpha value is -3.33. The van der Waals surface area contributed by atoms with E-state index in [9.17, 15) is 4.79 Å². The lowest BCUT2D eigenvalue weighted by molar-refractivity contribution is -0.122.